The van der Waals surface area contributed by atoms with E-state index in [0.29, 0.717) is 31.1 Å². The highest BCUT2D eigenvalue weighted by atomic mass is 32.2. The molecule has 30 heavy (non-hydrogen) atoms. The van der Waals surface area contributed by atoms with Gasteiger partial charge in [0, 0.05) is 25.0 Å². The van der Waals surface area contributed by atoms with Crippen LogP contribution in [-0.4, -0.2) is 62.5 Å². The molecule has 3 aromatic rings. The van der Waals surface area contributed by atoms with Crippen LogP contribution < -0.4 is 0 Å². The molecule has 8 nitrogen and oxygen atoms in total. The monoisotopic (exact) mass is 427 g/mol. The Kier molecular flexibility index (Phi) is 6.17. The number of piperidine rings is 1. The number of hydrogen-bond donors (Lipinski definition) is 0. The quantitative estimate of drug-likeness (QED) is 0.441. The standard InChI is InChI=1S/C21H25N5O3S/c1-3-10-26-16-7-5-4-6-15(16)18-19(26)22-21(24-23-18)30-13-17(27)25-11-8-14(9-12-25)20(28)29-2/h4-7,14H,3,8-13H2,1-2H3. The fourth-order valence-electron chi connectivity index (χ4n) is 3.95. The molecule has 0 bridgehead atoms. The maximum Gasteiger partial charge on any atom is 0.308 e. The van der Waals surface area contributed by atoms with E-state index in [0.717, 1.165) is 35.0 Å². The number of esters is 1. The number of ether oxygens (including phenoxy) is 1. The Balaban J connectivity index is 1.46. The molecule has 0 N–H and O–H groups in total. The Morgan fingerprint density at radius 3 is 2.70 bits per heavy atom. The molecule has 1 saturated heterocycles. The molecule has 0 atom stereocenters. The number of para-hydroxylation sites is 1. The maximum atomic E-state index is 12.6. The SMILES string of the molecule is CCCn1c2ccccc2c2nnc(SCC(=O)N3CCC(C(=O)OC)CC3)nc21. The van der Waals surface area contributed by atoms with E-state index in [1.807, 2.05) is 18.2 Å². The number of benzene rings is 1. The normalized spacial score (nSPS) is 15.1. The fourth-order valence-corrected chi connectivity index (χ4v) is 4.63. The van der Waals surface area contributed by atoms with Gasteiger partial charge in [0.15, 0.2) is 5.65 Å². The molecule has 3 heterocycles. The molecule has 1 aromatic carbocycles. The molecule has 0 aliphatic carbocycles. The number of carbonyl (C=O) groups excluding carboxylic acids is 2. The zero-order chi connectivity index (χ0) is 21.1. The van der Waals surface area contributed by atoms with Gasteiger partial charge in [-0.3, -0.25) is 9.59 Å². The third-order valence-corrected chi connectivity index (χ3v) is 6.33. The summed E-state index contributed by atoms with van der Waals surface area (Å²) in [6.45, 7) is 4.12. The van der Waals surface area contributed by atoms with Crippen molar-refractivity contribution in [3.63, 3.8) is 0 Å². The first-order valence-corrected chi connectivity index (χ1v) is 11.2. The lowest BCUT2D eigenvalue weighted by Crippen LogP contribution is -2.41. The van der Waals surface area contributed by atoms with Gasteiger partial charge < -0.3 is 14.2 Å². The molecule has 0 radical (unpaired) electrons. The fraction of sp³-hybridized carbons (Fsp3) is 0.476. The van der Waals surface area contributed by atoms with E-state index in [1.54, 1.807) is 4.90 Å². The van der Waals surface area contributed by atoms with Crippen molar-refractivity contribution in [2.45, 2.75) is 37.9 Å². The number of fused-ring (bicyclic) bond motifs is 3. The van der Waals surface area contributed by atoms with Gasteiger partial charge in [0.2, 0.25) is 11.1 Å². The van der Waals surface area contributed by atoms with Crippen LogP contribution in [0.25, 0.3) is 22.1 Å². The van der Waals surface area contributed by atoms with E-state index in [9.17, 15) is 9.59 Å². The smallest absolute Gasteiger partial charge is 0.308 e. The number of carbonyl (C=O) groups is 2. The minimum absolute atomic E-state index is 0.0288. The lowest BCUT2D eigenvalue weighted by Gasteiger charge is -2.30. The van der Waals surface area contributed by atoms with Gasteiger partial charge in [0.05, 0.1) is 24.3 Å². The molecule has 0 spiro atoms. The third kappa shape index (κ3) is 3.98. The maximum absolute atomic E-state index is 12.6. The van der Waals surface area contributed by atoms with Gasteiger partial charge in [-0.1, -0.05) is 36.9 Å². The summed E-state index contributed by atoms with van der Waals surface area (Å²) in [4.78, 5) is 30.8. The molecule has 4 rings (SSSR count). The number of aryl methyl sites for hydroxylation is 1. The Morgan fingerprint density at radius 1 is 1.20 bits per heavy atom. The molecular weight excluding hydrogens is 402 g/mol. The molecule has 1 aliphatic heterocycles. The summed E-state index contributed by atoms with van der Waals surface area (Å²) in [5.41, 5.74) is 2.70. The Hall–Kier alpha value is -2.68. The minimum atomic E-state index is -0.188. The summed E-state index contributed by atoms with van der Waals surface area (Å²) in [6.07, 6.45) is 2.27. The van der Waals surface area contributed by atoms with Crippen LogP contribution in [0.4, 0.5) is 0 Å². The number of likely N-dealkylation sites (tertiary alicyclic amines) is 1. The third-order valence-electron chi connectivity index (χ3n) is 5.51. The van der Waals surface area contributed by atoms with Gasteiger partial charge in [-0.25, -0.2) is 4.98 Å². The topological polar surface area (TPSA) is 90.2 Å². The van der Waals surface area contributed by atoms with E-state index in [1.165, 1.54) is 18.9 Å². The van der Waals surface area contributed by atoms with E-state index >= 15 is 0 Å². The summed E-state index contributed by atoms with van der Waals surface area (Å²) in [5, 5.41) is 10.2. The van der Waals surface area contributed by atoms with E-state index in [4.69, 9.17) is 9.72 Å². The summed E-state index contributed by atoms with van der Waals surface area (Å²) in [7, 11) is 1.40. The Morgan fingerprint density at radius 2 is 1.97 bits per heavy atom. The summed E-state index contributed by atoms with van der Waals surface area (Å²) < 4.78 is 6.97. The molecule has 0 saturated carbocycles. The average molecular weight is 428 g/mol. The highest BCUT2D eigenvalue weighted by Gasteiger charge is 2.28. The molecule has 2 aromatic heterocycles. The van der Waals surface area contributed by atoms with Gasteiger partial charge >= 0.3 is 5.97 Å². The largest absolute Gasteiger partial charge is 0.469 e. The van der Waals surface area contributed by atoms with Crippen LogP contribution in [0.15, 0.2) is 29.4 Å². The van der Waals surface area contributed by atoms with E-state index in [2.05, 4.69) is 27.8 Å². The molecular formula is C21H25N5O3S. The number of methoxy groups -OCH3 is 1. The number of amides is 1. The zero-order valence-corrected chi connectivity index (χ0v) is 18.0. The second kappa shape index (κ2) is 8.99. The van der Waals surface area contributed by atoms with Crippen LogP contribution in [0.2, 0.25) is 0 Å². The summed E-state index contributed by atoms with van der Waals surface area (Å²) in [5.74, 6) is -0.0145. The first kappa shape index (κ1) is 20.6. The van der Waals surface area contributed by atoms with Crippen molar-refractivity contribution in [3.8, 4) is 0 Å². The molecule has 1 aliphatic rings. The average Bonchev–Trinajstić information content (AvgIpc) is 3.10. The van der Waals surface area contributed by atoms with Crippen LogP contribution in [-0.2, 0) is 20.9 Å². The lowest BCUT2D eigenvalue weighted by atomic mass is 9.97. The molecule has 158 valence electrons. The van der Waals surface area contributed by atoms with Crippen molar-refractivity contribution in [2.75, 3.05) is 26.0 Å². The Bertz CT molecular complexity index is 1080. The second-order valence-electron chi connectivity index (χ2n) is 7.40. The highest BCUT2D eigenvalue weighted by Crippen LogP contribution is 2.27. The predicted molar refractivity (Wildman–Crippen MR) is 115 cm³/mol. The summed E-state index contributed by atoms with van der Waals surface area (Å²) >= 11 is 1.30. The number of aromatic nitrogens is 4. The molecule has 0 unspecified atom stereocenters. The van der Waals surface area contributed by atoms with Crippen molar-refractivity contribution < 1.29 is 14.3 Å². The first-order valence-electron chi connectivity index (χ1n) is 10.2. The van der Waals surface area contributed by atoms with Crippen LogP contribution in [0, 0.1) is 5.92 Å². The predicted octanol–water partition coefficient (Wildman–Crippen LogP) is 2.89. The van der Waals surface area contributed by atoms with Gasteiger partial charge in [0.1, 0.15) is 5.52 Å². The van der Waals surface area contributed by atoms with Crippen LogP contribution in [0.5, 0.6) is 0 Å². The minimum Gasteiger partial charge on any atom is -0.469 e. The van der Waals surface area contributed by atoms with Crippen LogP contribution in [0.3, 0.4) is 0 Å². The number of hydrogen-bond acceptors (Lipinski definition) is 7. The zero-order valence-electron chi connectivity index (χ0n) is 17.2. The molecule has 9 heteroatoms. The van der Waals surface area contributed by atoms with Gasteiger partial charge in [-0.15, -0.1) is 10.2 Å². The van der Waals surface area contributed by atoms with Gasteiger partial charge in [-0.05, 0) is 25.3 Å². The van der Waals surface area contributed by atoms with Crippen molar-refractivity contribution >= 4 is 45.7 Å². The molecule has 1 amide bonds. The van der Waals surface area contributed by atoms with Crippen molar-refractivity contribution in [3.05, 3.63) is 24.3 Å². The lowest BCUT2D eigenvalue weighted by molar-refractivity contribution is -0.148. The first-order chi connectivity index (χ1) is 14.6. The number of rotatable bonds is 6. The van der Waals surface area contributed by atoms with E-state index in [-0.39, 0.29) is 23.5 Å². The molecule has 1 fully saturated rings. The van der Waals surface area contributed by atoms with Crippen molar-refractivity contribution in [2.24, 2.45) is 5.92 Å². The second-order valence-corrected chi connectivity index (χ2v) is 8.34. The number of nitrogens with zero attached hydrogens (tertiary/aromatic N) is 5. The van der Waals surface area contributed by atoms with Crippen molar-refractivity contribution in [1.82, 2.24) is 24.6 Å². The van der Waals surface area contributed by atoms with Gasteiger partial charge in [0.25, 0.3) is 0 Å². The van der Waals surface area contributed by atoms with Crippen LogP contribution in [0.1, 0.15) is 26.2 Å². The van der Waals surface area contributed by atoms with Crippen LogP contribution >= 0.6 is 11.8 Å². The number of thioether (sulfide) groups is 1. The van der Waals surface area contributed by atoms with Crippen molar-refractivity contribution in [1.29, 1.82) is 0 Å². The Labute approximate surface area is 179 Å². The highest BCUT2D eigenvalue weighted by molar-refractivity contribution is 7.99. The van der Waals surface area contributed by atoms with E-state index < -0.39 is 0 Å². The van der Waals surface area contributed by atoms with Gasteiger partial charge in [-0.2, -0.15) is 0 Å². The summed E-state index contributed by atoms with van der Waals surface area (Å²) in [6, 6.07) is 8.11.